The molecule has 1 unspecified atom stereocenters. The maximum Gasteiger partial charge on any atom is 0.268 e. The Hall–Kier alpha value is -3.52. The molecule has 1 aromatic carbocycles. The summed E-state index contributed by atoms with van der Waals surface area (Å²) in [4.78, 5) is 47.2. The number of nitrogens with one attached hydrogen (secondary N) is 1. The number of thiophene rings is 1. The summed E-state index contributed by atoms with van der Waals surface area (Å²) in [7, 11) is 1.59. The van der Waals surface area contributed by atoms with E-state index in [-0.39, 0.29) is 29.3 Å². The van der Waals surface area contributed by atoms with E-state index in [1.165, 1.54) is 16.2 Å². The molecule has 0 aliphatic heterocycles. The number of carbonyl (C=O) groups excluding carboxylic acids is 1. The Bertz CT molecular complexity index is 1370. The molecule has 0 bridgehead atoms. The zero-order valence-electron chi connectivity index (χ0n) is 17.5. The van der Waals surface area contributed by atoms with Crippen molar-refractivity contribution in [3.8, 4) is 0 Å². The number of nitrogens with zero attached hydrogens (tertiary/aromatic N) is 3. The summed E-state index contributed by atoms with van der Waals surface area (Å²) in [5.74, 6) is -0.0384. The maximum absolute atomic E-state index is 13.2. The van der Waals surface area contributed by atoms with E-state index >= 15 is 0 Å². The number of hydrogen-bond donors (Lipinski definition) is 1. The molecule has 4 aromatic rings. The van der Waals surface area contributed by atoms with E-state index in [2.05, 4.69) is 9.97 Å². The van der Waals surface area contributed by atoms with E-state index in [4.69, 9.17) is 0 Å². The van der Waals surface area contributed by atoms with E-state index in [1.54, 1.807) is 42.2 Å². The van der Waals surface area contributed by atoms with Crippen LogP contribution in [0.1, 0.15) is 40.3 Å². The minimum absolute atomic E-state index is 0.0852. The first-order valence-corrected chi connectivity index (χ1v) is 10.7. The van der Waals surface area contributed by atoms with Crippen LogP contribution < -0.4 is 11.1 Å². The van der Waals surface area contributed by atoms with Gasteiger partial charge in [0.15, 0.2) is 0 Å². The van der Waals surface area contributed by atoms with Gasteiger partial charge in [-0.3, -0.25) is 14.4 Å². The Balaban J connectivity index is 1.65. The van der Waals surface area contributed by atoms with Crippen molar-refractivity contribution in [3.05, 3.63) is 97.3 Å². The van der Waals surface area contributed by atoms with Gasteiger partial charge in [0, 0.05) is 13.2 Å². The van der Waals surface area contributed by atoms with Gasteiger partial charge in [0.2, 0.25) is 0 Å². The zero-order chi connectivity index (χ0) is 22.1. The number of pyridine rings is 1. The van der Waals surface area contributed by atoms with Gasteiger partial charge in [-0.25, -0.2) is 4.98 Å². The molecule has 3 heterocycles. The standard InChI is InChI=1S/C23H22N4O3S/c1-14-9-11-27(15(2)16-7-5-4-6-8-16)23(30)19(14)22(29)26(3)13-18-24-17-10-12-31-20(17)21(28)25-18/h4-12,15H,13H2,1-3H3,(H,24,25,28). The molecule has 1 N–H and O–H groups in total. The third kappa shape index (κ3) is 3.94. The molecular weight excluding hydrogens is 412 g/mol. The Labute approximate surface area is 182 Å². The summed E-state index contributed by atoms with van der Waals surface area (Å²) in [5, 5.41) is 1.80. The van der Waals surface area contributed by atoms with Crippen molar-refractivity contribution in [1.29, 1.82) is 0 Å². The highest BCUT2D eigenvalue weighted by molar-refractivity contribution is 7.17. The average Bonchev–Trinajstić information content (AvgIpc) is 3.23. The summed E-state index contributed by atoms with van der Waals surface area (Å²) in [6.45, 7) is 3.76. The van der Waals surface area contributed by atoms with E-state index in [0.717, 1.165) is 5.56 Å². The van der Waals surface area contributed by atoms with Crippen LogP contribution in [0.3, 0.4) is 0 Å². The molecule has 8 heteroatoms. The topological polar surface area (TPSA) is 88.1 Å². The summed E-state index contributed by atoms with van der Waals surface area (Å²) < 4.78 is 2.12. The summed E-state index contributed by atoms with van der Waals surface area (Å²) in [5.41, 5.74) is 1.72. The molecule has 0 aliphatic rings. The van der Waals surface area contributed by atoms with Crippen LogP contribution in [0.5, 0.6) is 0 Å². The number of rotatable bonds is 5. The molecule has 0 spiro atoms. The number of aromatic amines is 1. The molecule has 31 heavy (non-hydrogen) atoms. The lowest BCUT2D eigenvalue weighted by Gasteiger charge is -2.20. The molecule has 0 fully saturated rings. The predicted molar refractivity (Wildman–Crippen MR) is 122 cm³/mol. The minimum atomic E-state index is -0.412. The fraction of sp³-hybridized carbons (Fsp3) is 0.217. The fourth-order valence-electron chi connectivity index (χ4n) is 3.58. The highest BCUT2D eigenvalue weighted by atomic mass is 32.1. The Kier molecular flexibility index (Phi) is 5.56. The molecule has 7 nitrogen and oxygen atoms in total. The molecule has 158 valence electrons. The van der Waals surface area contributed by atoms with Crippen LogP contribution in [0.25, 0.3) is 10.2 Å². The van der Waals surface area contributed by atoms with E-state index in [9.17, 15) is 14.4 Å². The van der Waals surface area contributed by atoms with Gasteiger partial charge in [-0.05, 0) is 42.5 Å². The maximum atomic E-state index is 13.2. The SMILES string of the molecule is Cc1ccn(C(C)c2ccccc2)c(=O)c1C(=O)N(C)Cc1nc2ccsc2c(=O)[nH]1. The van der Waals surface area contributed by atoms with Gasteiger partial charge < -0.3 is 14.5 Å². The first-order chi connectivity index (χ1) is 14.9. The lowest BCUT2D eigenvalue weighted by atomic mass is 10.1. The average molecular weight is 435 g/mol. The number of amides is 1. The lowest BCUT2D eigenvalue weighted by molar-refractivity contribution is 0.0778. The second kappa shape index (κ2) is 8.31. The number of H-pyrrole nitrogens is 1. The largest absolute Gasteiger partial charge is 0.334 e. The summed E-state index contributed by atoms with van der Waals surface area (Å²) in [6, 6.07) is 13.0. The molecule has 0 saturated carbocycles. The summed E-state index contributed by atoms with van der Waals surface area (Å²) in [6.07, 6.45) is 1.72. The number of aryl methyl sites for hydroxylation is 1. The van der Waals surface area contributed by atoms with Crippen LogP contribution >= 0.6 is 11.3 Å². The van der Waals surface area contributed by atoms with Crippen LogP contribution in [0.4, 0.5) is 0 Å². The molecule has 3 aromatic heterocycles. The highest BCUT2D eigenvalue weighted by Gasteiger charge is 2.22. The van der Waals surface area contributed by atoms with E-state index < -0.39 is 5.91 Å². The van der Waals surface area contributed by atoms with Crippen LogP contribution in [-0.2, 0) is 6.54 Å². The second-order valence-corrected chi connectivity index (χ2v) is 8.40. The quantitative estimate of drug-likeness (QED) is 0.522. The van der Waals surface area contributed by atoms with Gasteiger partial charge >= 0.3 is 0 Å². The molecule has 4 rings (SSSR count). The molecule has 0 aliphatic carbocycles. The zero-order valence-corrected chi connectivity index (χ0v) is 18.3. The molecule has 1 amide bonds. The highest BCUT2D eigenvalue weighted by Crippen LogP contribution is 2.18. The van der Waals surface area contributed by atoms with Crippen molar-refractivity contribution in [2.45, 2.75) is 26.4 Å². The number of carbonyl (C=O) groups is 1. The number of benzene rings is 1. The second-order valence-electron chi connectivity index (χ2n) is 7.48. The van der Waals surface area contributed by atoms with Crippen LogP contribution in [0, 0.1) is 6.92 Å². The Morgan fingerprint density at radius 1 is 1.19 bits per heavy atom. The van der Waals surface area contributed by atoms with Gasteiger partial charge in [0.25, 0.3) is 17.0 Å². The monoisotopic (exact) mass is 434 g/mol. The van der Waals surface area contributed by atoms with E-state index in [0.29, 0.717) is 21.6 Å². The third-order valence-electron chi connectivity index (χ3n) is 5.34. The van der Waals surface area contributed by atoms with Gasteiger partial charge in [0.05, 0.1) is 18.1 Å². The Morgan fingerprint density at radius 3 is 2.68 bits per heavy atom. The van der Waals surface area contributed by atoms with Gasteiger partial charge in [-0.1, -0.05) is 30.3 Å². The first kappa shape index (κ1) is 20.7. The smallest absolute Gasteiger partial charge is 0.268 e. The third-order valence-corrected chi connectivity index (χ3v) is 6.24. The van der Waals surface area contributed by atoms with Crippen LogP contribution in [0.15, 0.2) is 63.6 Å². The van der Waals surface area contributed by atoms with Gasteiger partial charge in [0.1, 0.15) is 16.1 Å². The van der Waals surface area contributed by atoms with Crippen molar-refractivity contribution in [2.75, 3.05) is 7.05 Å². The van der Waals surface area contributed by atoms with Crippen LogP contribution in [0.2, 0.25) is 0 Å². The molecule has 1 atom stereocenters. The van der Waals surface area contributed by atoms with Crippen molar-refractivity contribution in [1.82, 2.24) is 19.4 Å². The normalized spacial score (nSPS) is 12.1. The number of fused-ring (bicyclic) bond motifs is 1. The molecule has 0 saturated heterocycles. The van der Waals surface area contributed by atoms with E-state index in [1.807, 2.05) is 37.3 Å². The molecular formula is C23H22N4O3S. The van der Waals surface area contributed by atoms with Gasteiger partial charge in [-0.15, -0.1) is 11.3 Å². The van der Waals surface area contributed by atoms with Crippen molar-refractivity contribution in [2.24, 2.45) is 0 Å². The first-order valence-electron chi connectivity index (χ1n) is 9.85. The number of aromatic nitrogens is 3. The van der Waals surface area contributed by atoms with Gasteiger partial charge in [-0.2, -0.15) is 0 Å². The lowest BCUT2D eigenvalue weighted by Crippen LogP contribution is -2.36. The van der Waals surface area contributed by atoms with Crippen molar-refractivity contribution in [3.63, 3.8) is 0 Å². The predicted octanol–water partition coefficient (Wildman–Crippen LogP) is 3.34. The van der Waals surface area contributed by atoms with Crippen molar-refractivity contribution < 1.29 is 4.79 Å². The molecule has 0 radical (unpaired) electrons. The van der Waals surface area contributed by atoms with Crippen molar-refractivity contribution >= 4 is 27.5 Å². The number of hydrogen-bond acceptors (Lipinski definition) is 5. The summed E-state index contributed by atoms with van der Waals surface area (Å²) >= 11 is 1.32. The Morgan fingerprint density at radius 2 is 1.94 bits per heavy atom. The minimum Gasteiger partial charge on any atom is -0.334 e. The van der Waals surface area contributed by atoms with Crippen LogP contribution in [-0.4, -0.2) is 32.4 Å². The fourth-order valence-corrected chi connectivity index (χ4v) is 4.31.